The molecule has 4 rings (SSSR count). The Morgan fingerprint density at radius 1 is 1.07 bits per heavy atom. The van der Waals surface area contributed by atoms with Gasteiger partial charge in [-0.25, -0.2) is 12.4 Å². The number of halogens is 1. The Hall–Kier alpha value is -1.83. The maximum Gasteiger partial charge on any atom is 0.268 e. The van der Waals surface area contributed by atoms with Crippen LogP contribution >= 0.6 is 15.9 Å². The number of nitrogens with zero attached hydrogens (tertiary/aromatic N) is 2. The molecule has 160 valence electrons. The summed E-state index contributed by atoms with van der Waals surface area (Å²) in [4.78, 5) is 2.54. The Kier molecular flexibility index (Phi) is 5.97. The van der Waals surface area contributed by atoms with Gasteiger partial charge in [-0.15, -0.1) is 0 Å². The van der Waals surface area contributed by atoms with Gasteiger partial charge in [-0.2, -0.15) is 0 Å². The molecule has 0 N–H and O–H groups in total. The molecule has 0 bridgehead atoms. The van der Waals surface area contributed by atoms with Crippen LogP contribution in [0.5, 0.6) is 5.75 Å². The largest absolute Gasteiger partial charge is 0.490 e. The number of rotatable bonds is 5. The monoisotopic (exact) mass is 490 g/mol. The highest BCUT2D eigenvalue weighted by Gasteiger charge is 2.24. The highest BCUT2D eigenvalue weighted by molar-refractivity contribution is 9.10. The molecule has 3 aromatic rings. The van der Waals surface area contributed by atoms with Crippen LogP contribution in [0.2, 0.25) is 0 Å². The number of piperidine rings is 1. The van der Waals surface area contributed by atoms with Gasteiger partial charge in [0.2, 0.25) is 0 Å². The van der Waals surface area contributed by atoms with Crippen molar-refractivity contribution in [3.63, 3.8) is 0 Å². The van der Waals surface area contributed by atoms with E-state index < -0.39 is 10.0 Å². The van der Waals surface area contributed by atoms with Crippen LogP contribution in [0.25, 0.3) is 10.9 Å². The fourth-order valence-corrected chi connectivity index (χ4v) is 5.70. The number of benzene rings is 2. The molecule has 0 unspecified atom stereocenters. The lowest BCUT2D eigenvalue weighted by atomic mass is 10.0. The van der Waals surface area contributed by atoms with Gasteiger partial charge in [-0.05, 0) is 61.7 Å². The third kappa shape index (κ3) is 4.15. The second-order valence-corrected chi connectivity index (χ2v) is 11.0. The highest BCUT2D eigenvalue weighted by atomic mass is 79.9. The molecule has 2 aromatic carbocycles. The molecule has 0 spiro atoms. The molecule has 1 aromatic heterocycles. The van der Waals surface area contributed by atoms with Gasteiger partial charge < -0.3 is 9.64 Å². The topological polar surface area (TPSA) is 51.5 Å². The van der Waals surface area contributed by atoms with Crippen molar-refractivity contribution in [2.24, 2.45) is 0 Å². The van der Waals surface area contributed by atoms with Crippen LogP contribution in [0.3, 0.4) is 0 Å². The van der Waals surface area contributed by atoms with Crippen molar-refractivity contribution in [2.75, 3.05) is 20.1 Å². The van der Waals surface area contributed by atoms with E-state index in [1.165, 1.54) is 3.97 Å². The number of hydrogen-bond acceptors (Lipinski definition) is 4. The molecular formula is C23H27BrN2O3S. The lowest BCUT2D eigenvalue weighted by Crippen LogP contribution is -2.35. The van der Waals surface area contributed by atoms with Crippen molar-refractivity contribution < 1.29 is 13.2 Å². The quantitative estimate of drug-likeness (QED) is 0.490. The van der Waals surface area contributed by atoms with Gasteiger partial charge in [0.15, 0.2) is 0 Å². The minimum atomic E-state index is -3.74. The second-order valence-electron chi connectivity index (χ2n) is 8.29. The van der Waals surface area contributed by atoms with Crippen LogP contribution in [-0.4, -0.2) is 43.5 Å². The molecule has 7 heteroatoms. The zero-order valence-corrected chi connectivity index (χ0v) is 19.9. The summed E-state index contributed by atoms with van der Waals surface area (Å²) in [5.41, 5.74) is 1.69. The second kappa shape index (κ2) is 8.36. The summed E-state index contributed by atoms with van der Waals surface area (Å²) < 4.78 is 35.5. The van der Waals surface area contributed by atoms with E-state index in [2.05, 4.69) is 41.7 Å². The molecule has 0 amide bonds. The smallest absolute Gasteiger partial charge is 0.268 e. The predicted molar refractivity (Wildman–Crippen MR) is 124 cm³/mol. The highest BCUT2D eigenvalue weighted by Crippen LogP contribution is 2.33. The van der Waals surface area contributed by atoms with E-state index in [1.54, 1.807) is 18.3 Å². The Morgan fingerprint density at radius 2 is 1.80 bits per heavy atom. The normalized spacial score (nSPS) is 16.4. The van der Waals surface area contributed by atoms with Gasteiger partial charge in [0.25, 0.3) is 10.0 Å². The third-order valence-corrected chi connectivity index (χ3v) is 7.92. The van der Waals surface area contributed by atoms with Gasteiger partial charge >= 0.3 is 0 Å². The summed E-state index contributed by atoms with van der Waals surface area (Å²) in [5.74, 6) is 0.924. The average Bonchev–Trinajstić information content (AvgIpc) is 3.13. The molecule has 1 fully saturated rings. The first-order valence-corrected chi connectivity index (χ1v) is 12.5. The minimum absolute atomic E-state index is 0.112. The van der Waals surface area contributed by atoms with E-state index in [-0.39, 0.29) is 16.9 Å². The predicted octanol–water partition coefficient (Wildman–Crippen LogP) is 5.24. The summed E-state index contributed by atoms with van der Waals surface area (Å²) >= 11 is 3.44. The maximum absolute atomic E-state index is 13.5. The number of hydrogen-bond donors (Lipinski definition) is 0. The molecule has 0 aliphatic carbocycles. The first kappa shape index (κ1) is 21.4. The molecule has 0 atom stereocenters. The number of ether oxygens (including phenoxy) is 1. The molecule has 1 saturated heterocycles. The Labute approximate surface area is 186 Å². The molecular weight excluding hydrogens is 464 g/mol. The molecule has 5 nitrogen and oxygen atoms in total. The zero-order valence-electron chi connectivity index (χ0n) is 17.5. The molecule has 0 radical (unpaired) electrons. The molecule has 0 saturated carbocycles. The van der Waals surface area contributed by atoms with Gasteiger partial charge in [0.1, 0.15) is 11.9 Å². The summed E-state index contributed by atoms with van der Waals surface area (Å²) in [6, 6.07) is 12.7. The third-order valence-electron chi connectivity index (χ3n) is 5.74. The average molecular weight is 491 g/mol. The fraction of sp³-hybridized carbons (Fsp3) is 0.391. The van der Waals surface area contributed by atoms with Crippen LogP contribution in [0.1, 0.15) is 38.2 Å². The van der Waals surface area contributed by atoms with E-state index in [9.17, 15) is 8.42 Å². The van der Waals surface area contributed by atoms with Crippen molar-refractivity contribution in [1.82, 2.24) is 8.87 Å². The standard InChI is InChI=1S/C23H27BrN2O3S/c1-16(2)21-6-5-20(15-23(21)29-19-9-11-25(3)12-10-19)30(27,28)26-13-8-17-14-18(24)4-7-22(17)26/h4-8,13-16,19H,9-12H2,1-3H3. The molecule has 1 aliphatic heterocycles. The van der Waals surface area contributed by atoms with Gasteiger partial charge in [0, 0.05) is 35.2 Å². The fourth-order valence-electron chi connectivity index (χ4n) is 3.95. The lowest BCUT2D eigenvalue weighted by molar-refractivity contribution is 0.113. The van der Waals surface area contributed by atoms with Crippen LogP contribution in [0.4, 0.5) is 0 Å². The van der Waals surface area contributed by atoms with Gasteiger partial charge in [-0.1, -0.05) is 35.8 Å². The lowest BCUT2D eigenvalue weighted by Gasteiger charge is -2.30. The van der Waals surface area contributed by atoms with Crippen molar-refractivity contribution in [2.45, 2.75) is 43.6 Å². The van der Waals surface area contributed by atoms with Crippen molar-refractivity contribution >= 4 is 36.9 Å². The van der Waals surface area contributed by atoms with Gasteiger partial charge in [-0.3, -0.25) is 0 Å². The minimum Gasteiger partial charge on any atom is -0.490 e. The van der Waals surface area contributed by atoms with Crippen LogP contribution in [-0.2, 0) is 10.0 Å². The van der Waals surface area contributed by atoms with Crippen LogP contribution < -0.4 is 4.74 Å². The van der Waals surface area contributed by atoms with Crippen LogP contribution in [0, 0.1) is 0 Å². The van der Waals surface area contributed by atoms with Gasteiger partial charge in [0.05, 0.1) is 10.4 Å². The Bertz CT molecular complexity index is 1160. The van der Waals surface area contributed by atoms with E-state index in [0.717, 1.165) is 41.4 Å². The first-order valence-electron chi connectivity index (χ1n) is 10.3. The van der Waals surface area contributed by atoms with Crippen molar-refractivity contribution in [3.05, 3.63) is 58.7 Å². The Balaban J connectivity index is 1.72. The first-order chi connectivity index (χ1) is 14.3. The maximum atomic E-state index is 13.5. The molecule has 1 aliphatic rings. The van der Waals surface area contributed by atoms with E-state index in [1.807, 2.05) is 30.3 Å². The zero-order chi connectivity index (χ0) is 21.5. The van der Waals surface area contributed by atoms with E-state index >= 15 is 0 Å². The van der Waals surface area contributed by atoms with E-state index in [0.29, 0.717) is 11.3 Å². The summed E-state index contributed by atoms with van der Waals surface area (Å²) in [5, 5.41) is 0.870. The SMILES string of the molecule is CC(C)c1ccc(S(=O)(=O)n2ccc3cc(Br)ccc32)cc1OC1CCN(C)CC1. The summed E-state index contributed by atoms with van der Waals surface area (Å²) in [7, 11) is -1.62. The molecule has 30 heavy (non-hydrogen) atoms. The summed E-state index contributed by atoms with van der Waals surface area (Å²) in [6.45, 7) is 6.18. The number of aromatic nitrogens is 1. The Morgan fingerprint density at radius 3 is 2.50 bits per heavy atom. The number of fused-ring (bicyclic) bond motifs is 1. The van der Waals surface area contributed by atoms with Crippen molar-refractivity contribution in [3.8, 4) is 5.75 Å². The summed E-state index contributed by atoms with van der Waals surface area (Å²) in [6.07, 6.45) is 3.62. The van der Waals surface area contributed by atoms with Crippen LogP contribution in [0.15, 0.2) is 58.0 Å². The van der Waals surface area contributed by atoms with E-state index in [4.69, 9.17) is 4.74 Å². The number of likely N-dealkylation sites (tertiary alicyclic amines) is 1. The molecule has 2 heterocycles. The van der Waals surface area contributed by atoms with Crippen molar-refractivity contribution in [1.29, 1.82) is 0 Å².